The Morgan fingerprint density at radius 2 is 1.19 bits per heavy atom. The van der Waals surface area contributed by atoms with Crippen molar-refractivity contribution in [1.29, 1.82) is 0 Å². The van der Waals surface area contributed by atoms with Crippen LogP contribution in [0.3, 0.4) is 0 Å². The number of rotatable bonds is 38. The van der Waals surface area contributed by atoms with Gasteiger partial charge in [-0.2, -0.15) is 11.8 Å². The van der Waals surface area contributed by atoms with Crippen molar-refractivity contribution in [3.8, 4) is 0 Å². The quantitative estimate of drug-likeness (QED) is 0.0180. The Kier molecular flexibility index (Phi) is 37.4. The number of nitrogens with one attached hydrogen (secondary N) is 14. The molecule has 40 heteroatoms. The molecule has 4 aromatic carbocycles. The molecule has 1 aliphatic heterocycles. The van der Waals surface area contributed by atoms with E-state index in [4.69, 9.17) is 51.9 Å². The number of amides is 17. The monoisotopic (exact) mass is 1680 g/mol. The van der Waals surface area contributed by atoms with Gasteiger partial charge in [-0.05, 0) is 130 Å². The van der Waals surface area contributed by atoms with Crippen LogP contribution < -0.4 is 97.8 Å². The van der Waals surface area contributed by atoms with Gasteiger partial charge in [-0.15, -0.1) is 0 Å². The fraction of sp³-hybridized carbons (Fsp3) is 0.468. The Labute approximate surface area is 688 Å². The highest BCUT2D eigenvalue weighted by Crippen LogP contribution is 2.26. The zero-order chi connectivity index (χ0) is 86.2. The van der Waals surface area contributed by atoms with Crippen molar-refractivity contribution >= 4 is 157 Å². The molecule has 0 aliphatic carbocycles. The highest BCUT2D eigenvalue weighted by Gasteiger charge is 2.42. The van der Waals surface area contributed by atoms with Gasteiger partial charge in [0.25, 0.3) is 0 Å². The molecule has 0 spiro atoms. The second-order valence-electron chi connectivity index (χ2n) is 28.6. The summed E-state index contributed by atoms with van der Waals surface area (Å²) in [5, 5.41) is 46.6. The standard InChI is InChI=1S/C77H103Cl2N19O18S/c1-40(99)65-75(115)94-58(35-47-37-86-51-16-8-7-15-48(47)51)72(112)90-53(22-24-61(81)102)68(108)95-60(39-117-30-26-55(88-42(3)101)69(109)89-54(70(110)97-65)23-25-62(82)103)73(113)91-56(34-44-19-21-49(78)50(79)32-44)71(111)92-57(33-43-18-20-45-13-5-6-14-46(45)31-43)74(114)98-77(4,27-10-11-28-80)76(116)96-52(17-9-12-29-85-41(2)100)67(107)93-59(36-63(83)104)66(106)87-38-64(84)105/h5-8,13-16,18-21,31-32,37,40,52-60,65,86,99H,9-12,17,22-30,33-36,38-39,80H2,1-4H3,(H2,81,102)(H2,82,103)(H2,83,104)(H2,84,105)(H,85,100)(H,87,106)(H,88,101)(H,89,109)(H,90,112)(H,91,113)(H,92,111)(H,93,107)(H,94,115)(H,95,108)(H,96,116)(H,97,110)(H,98,114)/t40-,52+,53+,54+,55+,56+,57+,58+,59+,60+,65+,77+/m1/s1. The maximum absolute atomic E-state index is 15.7. The topological polar surface area (TPSA) is 613 Å². The molecule has 6 rings (SSSR count). The van der Waals surface area contributed by atoms with Crippen molar-refractivity contribution in [2.75, 3.05) is 31.1 Å². The molecular weight excluding hydrogens is 1580 g/mol. The lowest BCUT2D eigenvalue weighted by atomic mass is 9.91. The summed E-state index contributed by atoms with van der Waals surface area (Å²) in [6.07, 6.45) is -3.83. The maximum atomic E-state index is 15.7. The van der Waals surface area contributed by atoms with E-state index in [1.165, 1.54) is 32.0 Å². The van der Waals surface area contributed by atoms with E-state index in [0.29, 0.717) is 33.8 Å². The van der Waals surface area contributed by atoms with Crippen LogP contribution >= 0.6 is 35.0 Å². The van der Waals surface area contributed by atoms with Crippen LogP contribution in [0, 0.1) is 0 Å². The molecule has 17 amide bonds. The van der Waals surface area contributed by atoms with Crippen LogP contribution in [-0.4, -0.2) is 214 Å². The molecule has 0 radical (unpaired) electrons. The number of thioether (sulfide) groups is 1. The van der Waals surface area contributed by atoms with Crippen molar-refractivity contribution in [1.82, 2.24) is 74.1 Å². The summed E-state index contributed by atoms with van der Waals surface area (Å²) < 4.78 is 0. The third-order valence-corrected chi connectivity index (χ3v) is 20.8. The summed E-state index contributed by atoms with van der Waals surface area (Å²) in [6, 6.07) is 6.62. The van der Waals surface area contributed by atoms with E-state index in [1.807, 2.05) is 6.07 Å². The summed E-state index contributed by atoms with van der Waals surface area (Å²) in [5.41, 5.74) is 27.5. The molecule has 634 valence electrons. The van der Waals surface area contributed by atoms with Crippen LogP contribution in [0.2, 0.25) is 10.0 Å². The van der Waals surface area contributed by atoms with Gasteiger partial charge in [0.15, 0.2) is 0 Å². The van der Waals surface area contributed by atoms with Crippen molar-refractivity contribution in [3.63, 3.8) is 0 Å². The predicted molar refractivity (Wildman–Crippen MR) is 433 cm³/mol. The lowest BCUT2D eigenvalue weighted by Gasteiger charge is -2.34. The number of fused-ring (bicyclic) bond motifs is 2. The third kappa shape index (κ3) is 30.9. The van der Waals surface area contributed by atoms with E-state index in [2.05, 4.69) is 74.1 Å². The average Bonchev–Trinajstić information content (AvgIpc) is 1.43. The summed E-state index contributed by atoms with van der Waals surface area (Å²) in [4.78, 5) is 239. The Morgan fingerprint density at radius 1 is 0.590 bits per heavy atom. The second-order valence-corrected chi connectivity index (χ2v) is 30.6. The molecule has 1 fully saturated rings. The molecule has 1 aromatic heterocycles. The van der Waals surface area contributed by atoms with Crippen LogP contribution in [0.4, 0.5) is 0 Å². The van der Waals surface area contributed by atoms with Gasteiger partial charge in [0, 0.05) is 75.3 Å². The molecule has 0 unspecified atom stereocenters. The Morgan fingerprint density at radius 3 is 1.82 bits per heavy atom. The Balaban J connectivity index is 1.45. The highest BCUT2D eigenvalue weighted by molar-refractivity contribution is 7.99. The largest absolute Gasteiger partial charge is 0.391 e. The number of carbonyl (C=O) groups excluding carboxylic acids is 17. The first-order chi connectivity index (χ1) is 55.4. The minimum Gasteiger partial charge on any atom is -0.391 e. The number of para-hydroxylation sites is 1. The van der Waals surface area contributed by atoms with E-state index in [-0.39, 0.29) is 91.7 Å². The van der Waals surface area contributed by atoms with Crippen molar-refractivity contribution in [2.24, 2.45) is 28.7 Å². The number of aliphatic hydroxyl groups excluding tert-OH is 1. The molecule has 117 heavy (non-hydrogen) atoms. The zero-order valence-electron chi connectivity index (χ0n) is 65.1. The number of hydrogen-bond acceptors (Lipinski definition) is 20. The van der Waals surface area contributed by atoms with Gasteiger partial charge >= 0.3 is 0 Å². The number of nitrogens with two attached hydrogens (primary N) is 5. The number of unbranched alkanes of at least 4 members (excludes halogenated alkanes) is 2. The second kappa shape index (κ2) is 46.3. The average molecular weight is 1690 g/mol. The highest BCUT2D eigenvalue weighted by atomic mass is 35.5. The lowest BCUT2D eigenvalue weighted by Crippen LogP contribution is -2.64. The maximum Gasteiger partial charge on any atom is 0.246 e. The summed E-state index contributed by atoms with van der Waals surface area (Å²) in [6.45, 7) is 4.46. The molecule has 5 aromatic rings. The first-order valence-electron chi connectivity index (χ1n) is 37.8. The first kappa shape index (κ1) is 94.4. The fourth-order valence-corrected chi connectivity index (χ4v) is 14.0. The number of benzene rings is 4. The fourth-order valence-electron chi connectivity index (χ4n) is 12.7. The predicted octanol–water partition coefficient (Wildman–Crippen LogP) is -2.64. The van der Waals surface area contributed by atoms with Crippen molar-refractivity contribution in [3.05, 3.63) is 118 Å². The zero-order valence-corrected chi connectivity index (χ0v) is 67.4. The summed E-state index contributed by atoms with van der Waals surface area (Å²) >= 11 is 13.9. The van der Waals surface area contributed by atoms with Gasteiger partial charge in [-0.3, -0.25) is 81.5 Å². The lowest BCUT2D eigenvalue weighted by molar-refractivity contribution is -0.138. The number of aromatic nitrogens is 1. The molecule has 12 atom stereocenters. The third-order valence-electron chi connectivity index (χ3n) is 18.9. The Hall–Kier alpha value is -11.5. The normalized spacial score (nSPS) is 18.9. The molecule has 25 N–H and O–H groups in total. The summed E-state index contributed by atoms with van der Waals surface area (Å²) in [5.74, 6) is -17.2. The van der Waals surface area contributed by atoms with Crippen molar-refractivity contribution in [2.45, 2.75) is 196 Å². The number of primary amides is 4. The molecule has 1 aliphatic rings. The van der Waals surface area contributed by atoms with E-state index >= 15 is 28.8 Å². The first-order valence-corrected chi connectivity index (χ1v) is 39.8. The Bertz CT molecular complexity index is 4460. The number of hydrogen-bond donors (Lipinski definition) is 20. The van der Waals surface area contributed by atoms with Gasteiger partial charge in [0.05, 0.1) is 29.1 Å². The van der Waals surface area contributed by atoms with E-state index < -0.39 is 217 Å². The summed E-state index contributed by atoms with van der Waals surface area (Å²) in [7, 11) is 0. The number of halogens is 2. The van der Waals surface area contributed by atoms with Crippen molar-refractivity contribution < 1.29 is 86.6 Å². The molecule has 0 saturated carbocycles. The van der Waals surface area contributed by atoms with Gasteiger partial charge in [0.1, 0.15) is 66.0 Å². The van der Waals surface area contributed by atoms with Crippen LogP contribution in [0.25, 0.3) is 21.7 Å². The SMILES string of the molecule is CC(=O)NCCCC[C@H](NC(=O)[C@](C)(CCCCN)NC(=O)[C@H](Cc1ccc2ccccc2c1)NC(=O)[C@H](Cc1ccc(Cl)c(Cl)c1)NC(=O)[C@@H]1CSCC[C@H](NC(C)=O)C(=O)N[C@@H](CCC(N)=O)C(=O)N[C@@H]([C@@H](C)O)C(=O)N[C@@H](Cc2c[nH]c3ccccc23)C(=O)N[C@@H](CCC(N)=O)C(=O)N1)C(=O)N[C@@H](CC(N)=O)C(=O)NCC(N)=O. The molecule has 37 nitrogen and oxygen atoms in total. The molecule has 0 bridgehead atoms. The van der Waals surface area contributed by atoms with Crippen LogP contribution in [0.15, 0.2) is 91.1 Å². The minimum atomic E-state index is -2.01. The number of H-pyrrole nitrogens is 1. The van der Waals surface area contributed by atoms with Gasteiger partial charge < -0.3 is 108 Å². The van der Waals surface area contributed by atoms with E-state index in [0.717, 1.165) is 31.0 Å². The number of carbonyl (C=O) groups is 17. The molecule has 1 saturated heterocycles. The molecule has 2 heterocycles. The van der Waals surface area contributed by atoms with E-state index in [1.54, 1.807) is 66.9 Å². The van der Waals surface area contributed by atoms with Crippen LogP contribution in [-0.2, 0) is 101 Å². The van der Waals surface area contributed by atoms with Crippen LogP contribution in [0.5, 0.6) is 0 Å². The van der Waals surface area contributed by atoms with Crippen LogP contribution in [0.1, 0.15) is 121 Å². The number of aliphatic hydroxyl groups is 1. The van der Waals surface area contributed by atoms with E-state index in [9.17, 15) is 57.8 Å². The van der Waals surface area contributed by atoms with Gasteiger partial charge in [0.2, 0.25) is 100 Å². The van der Waals surface area contributed by atoms with Gasteiger partial charge in [-0.1, -0.05) is 89.9 Å². The number of aromatic amines is 1. The van der Waals surface area contributed by atoms with Gasteiger partial charge in [-0.25, -0.2) is 0 Å². The smallest absolute Gasteiger partial charge is 0.246 e. The minimum absolute atomic E-state index is 0.00535. The molecular formula is C77H103Cl2N19O18S.